The molecule has 4 aliphatic rings. The highest BCUT2D eigenvalue weighted by atomic mass is 16.2. The summed E-state index contributed by atoms with van der Waals surface area (Å²) in [6.07, 6.45) is 20.0. The molecule has 4 bridgehead atoms. The molecular weight excluding hydrogens is 685 g/mol. The number of nitrogens with zero attached hydrogens (tertiary/aromatic N) is 6. The van der Waals surface area contributed by atoms with E-state index in [1.807, 2.05) is 26.0 Å². The summed E-state index contributed by atoms with van der Waals surface area (Å²) in [6.45, 7) is 3.63. The van der Waals surface area contributed by atoms with Crippen LogP contribution in [0.25, 0.3) is 0 Å². The van der Waals surface area contributed by atoms with Crippen molar-refractivity contribution in [3.05, 3.63) is 108 Å². The Kier molecular flexibility index (Phi) is 10.2. The number of aromatic nitrogens is 6. The van der Waals surface area contributed by atoms with Gasteiger partial charge in [-0.3, -0.25) is 39.1 Å². The number of hydrogen-bond acceptors (Lipinski definition) is 10. The molecule has 4 fully saturated rings. The lowest BCUT2D eigenvalue weighted by molar-refractivity contribution is 0.0808. The van der Waals surface area contributed by atoms with E-state index in [0.717, 1.165) is 77.0 Å². The smallest absolute Gasteiger partial charge is 0.271 e. The average Bonchev–Trinajstić information content (AvgIpc) is 3.58. The van der Waals surface area contributed by atoms with Gasteiger partial charge in [0.15, 0.2) is 0 Å². The van der Waals surface area contributed by atoms with E-state index < -0.39 is 0 Å². The Hall–Kier alpha value is -5.66. The predicted molar refractivity (Wildman–Crippen MR) is 198 cm³/mol. The van der Waals surface area contributed by atoms with Crippen molar-refractivity contribution in [2.24, 2.45) is 0 Å². The lowest BCUT2D eigenvalue weighted by Crippen LogP contribution is -2.55. The van der Waals surface area contributed by atoms with Gasteiger partial charge in [-0.1, -0.05) is 12.1 Å². The SMILES string of the molecule is Cc1cncc(C(=O)N[C@@]23CCC[C@@](NC(=O)c4ccccn4)(CC2)C3)n1.Cc1cncc(C(=O)N[C@]23CCC[C@](NC(=O)c4ccccn4)(CC2)C3)n1. The molecule has 8 rings (SSSR count). The number of nitrogens with one attached hydrogen (secondary N) is 4. The first kappa shape index (κ1) is 36.7. The van der Waals surface area contributed by atoms with Crippen LogP contribution in [0, 0.1) is 13.8 Å². The van der Waals surface area contributed by atoms with Crippen LogP contribution >= 0.6 is 0 Å². The zero-order valence-electron chi connectivity index (χ0n) is 30.7. The summed E-state index contributed by atoms with van der Waals surface area (Å²) in [5.74, 6) is -0.687. The van der Waals surface area contributed by atoms with Crippen LogP contribution < -0.4 is 21.3 Å². The molecule has 4 aromatic rings. The molecule has 4 heterocycles. The highest BCUT2D eigenvalue weighted by Gasteiger charge is 2.54. The third-order valence-electron chi connectivity index (χ3n) is 11.4. The molecule has 4 aromatic heterocycles. The van der Waals surface area contributed by atoms with Crippen molar-refractivity contribution in [1.29, 1.82) is 0 Å². The first-order chi connectivity index (χ1) is 26.0. The van der Waals surface area contributed by atoms with E-state index >= 15 is 0 Å². The van der Waals surface area contributed by atoms with Gasteiger partial charge in [-0.2, -0.15) is 0 Å². The number of aryl methyl sites for hydroxylation is 2. The van der Waals surface area contributed by atoms with Crippen LogP contribution in [0.3, 0.4) is 0 Å². The number of carbonyl (C=O) groups excluding carboxylic acids is 4. The Morgan fingerprint density at radius 3 is 1.15 bits per heavy atom. The normalized spacial score (nSPS) is 26.4. The number of rotatable bonds is 8. The molecule has 0 radical (unpaired) electrons. The molecule has 54 heavy (non-hydrogen) atoms. The Bertz CT molecular complexity index is 1890. The van der Waals surface area contributed by atoms with Gasteiger partial charge in [-0.15, -0.1) is 0 Å². The monoisotopic (exact) mass is 730 g/mol. The minimum Gasteiger partial charge on any atom is -0.345 e. The standard InChI is InChI=1S/2C20H23N5O2/c2*1-14-11-21-12-16(23-14)18(27)25-20-7-4-6-19(13-20,8-9-20)24-17(26)15-5-2-3-10-22-15/h2*2-3,5,10-12H,4,6-9,13H2,1H3,(H,24,26)(H,25,27)/t2*19-,20+/m10/s1. The lowest BCUT2D eigenvalue weighted by atomic mass is 9.78. The highest BCUT2D eigenvalue weighted by Crippen LogP contribution is 2.49. The van der Waals surface area contributed by atoms with Gasteiger partial charge >= 0.3 is 0 Å². The van der Waals surface area contributed by atoms with Gasteiger partial charge in [-0.05, 0) is 115 Å². The van der Waals surface area contributed by atoms with Gasteiger partial charge in [0.1, 0.15) is 22.8 Å². The van der Waals surface area contributed by atoms with Crippen LogP contribution in [0.5, 0.6) is 0 Å². The van der Waals surface area contributed by atoms with Crippen LogP contribution in [0.1, 0.15) is 130 Å². The summed E-state index contributed by atoms with van der Waals surface area (Å²) in [5.41, 5.74) is 1.81. The van der Waals surface area contributed by atoms with E-state index in [1.54, 1.807) is 49.1 Å². The molecule has 4 N–H and O–H groups in total. The fraction of sp³-hybridized carbons (Fsp3) is 0.450. The minimum atomic E-state index is -0.293. The number of amides is 4. The second-order valence-electron chi connectivity index (χ2n) is 15.5. The zero-order chi connectivity index (χ0) is 37.8. The first-order valence-electron chi connectivity index (χ1n) is 18.7. The van der Waals surface area contributed by atoms with Gasteiger partial charge in [0, 0.05) is 46.9 Å². The van der Waals surface area contributed by atoms with Crippen molar-refractivity contribution in [3.8, 4) is 0 Å². The number of carbonyl (C=O) groups is 4. The van der Waals surface area contributed by atoms with Crippen LogP contribution in [0.15, 0.2) is 73.6 Å². The van der Waals surface area contributed by atoms with Crippen LogP contribution in [-0.4, -0.2) is 75.7 Å². The van der Waals surface area contributed by atoms with Crippen LogP contribution in [0.4, 0.5) is 0 Å². The molecule has 14 nitrogen and oxygen atoms in total. The molecule has 0 saturated heterocycles. The van der Waals surface area contributed by atoms with E-state index in [1.165, 1.54) is 12.4 Å². The number of hydrogen-bond donors (Lipinski definition) is 4. The fourth-order valence-electron chi connectivity index (χ4n) is 9.03. The molecule has 4 amide bonds. The molecule has 4 saturated carbocycles. The summed E-state index contributed by atoms with van der Waals surface area (Å²) in [4.78, 5) is 75.5. The Morgan fingerprint density at radius 1 is 0.481 bits per heavy atom. The number of pyridine rings is 2. The maximum Gasteiger partial charge on any atom is 0.271 e. The van der Waals surface area contributed by atoms with Gasteiger partial charge in [0.2, 0.25) is 0 Å². The van der Waals surface area contributed by atoms with Crippen molar-refractivity contribution in [2.45, 2.75) is 113 Å². The summed E-state index contributed by atoms with van der Waals surface area (Å²) in [6, 6.07) is 10.6. The minimum absolute atomic E-state index is 0.149. The number of fused-ring (bicyclic) bond motifs is 4. The van der Waals surface area contributed by atoms with E-state index in [4.69, 9.17) is 0 Å². The van der Waals surface area contributed by atoms with Gasteiger partial charge in [0.25, 0.3) is 23.6 Å². The van der Waals surface area contributed by atoms with E-state index in [9.17, 15) is 19.2 Å². The van der Waals surface area contributed by atoms with Crippen molar-refractivity contribution in [3.63, 3.8) is 0 Å². The third-order valence-corrected chi connectivity index (χ3v) is 11.4. The van der Waals surface area contributed by atoms with Gasteiger partial charge in [-0.25, -0.2) is 9.97 Å². The third kappa shape index (κ3) is 8.12. The zero-order valence-corrected chi connectivity index (χ0v) is 30.7. The van der Waals surface area contributed by atoms with Crippen molar-refractivity contribution >= 4 is 23.6 Å². The van der Waals surface area contributed by atoms with Crippen molar-refractivity contribution in [1.82, 2.24) is 51.2 Å². The molecule has 280 valence electrons. The maximum absolute atomic E-state index is 12.7. The van der Waals surface area contributed by atoms with Crippen LogP contribution in [0.2, 0.25) is 0 Å². The van der Waals surface area contributed by atoms with E-state index in [0.29, 0.717) is 34.2 Å². The predicted octanol–water partition coefficient (Wildman–Crippen LogP) is 4.37. The Labute approximate surface area is 314 Å². The van der Waals surface area contributed by atoms with E-state index in [2.05, 4.69) is 51.2 Å². The molecule has 0 aliphatic heterocycles. The second kappa shape index (κ2) is 15.0. The Balaban J connectivity index is 0.000000167. The molecular formula is C40H46N10O4. The van der Waals surface area contributed by atoms with Crippen LogP contribution in [-0.2, 0) is 0 Å². The highest BCUT2D eigenvalue weighted by molar-refractivity contribution is 5.94. The summed E-state index contributed by atoms with van der Waals surface area (Å²) < 4.78 is 0. The van der Waals surface area contributed by atoms with Gasteiger partial charge < -0.3 is 21.3 Å². The topological polar surface area (TPSA) is 194 Å². The maximum atomic E-state index is 12.7. The molecule has 4 atom stereocenters. The summed E-state index contributed by atoms with van der Waals surface area (Å²) in [7, 11) is 0. The van der Waals surface area contributed by atoms with Crippen molar-refractivity contribution < 1.29 is 19.2 Å². The molecule has 0 spiro atoms. The largest absolute Gasteiger partial charge is 0.345 e. The molecule has 4 aliphatic carbocycles. The fourth-order valence-corrected chi connectivity index (χ4v) is 9.03. The summed E-state index contributed by atoms with van der Waals surface area (Å²) >= 11 is 0. The first-order valence-corrected chi connectivity index (χ1v) is 18.7. The van der Waals surface area contributed by atoms with Crippen molar-refractivity contribution in [2.75, 3.05) is 0 Å². The molecule has 0 unspecified atom stereocenters. The lowest BCUT2D eigenvalue weighted by Gasteiger charge is -2.40. The van der Waals surface area contributed by atoms with E-state index in [-0.39, 0.29) is 45.8 Å². The second-order valence-corrected chi connectivity index (χ2v) is 15.5. The summed E-state index contributed by atoms with van der Waals surface area (Å²) in [5, 5.41) is 12.8. The molecule has 14 heteroatoms. The van der Waals surface area contributed by atoms with Gasteiger partial charge in [0.05, 0.1) is 23.8 Å². The average molecular weight is 731 g/mol. The Morgan fingerprint density at radius 2 is 0.833 bits per heavy atom. The quantitative estimate of drug-likeness (QED) is 0.202. The molecule has 0 aromatic carbocycles.